The van der Waals surface area contributed by atoms with E-state index in [9.17, 15) is 4.79 Å². The first-order valence-electron chi connectivity index (χ1n) is 7.78. The molecule has 1 amide bonds. The van der Waals surface area contributed by atoms with E-state index in [1.165, 1.54) is 0 Å². The Morgan fingerprint density at radius 1 is 1.43 bits per heavy atom. The summed E-state index contributed by atoms with van der Waals surface area (Å²) in [5, 5.41) is 11.9. The quantitative estimate of drug-likeness (QED) is 0.866. The molecule has 1 aliphatic heterocycles. The topological polar surface area (TPSA) is 69.9 Å². The molecule has 0 N–H and O–H groups in total. The molecule has 0 aliphatic carbocycles. The van der Waals surface area contributed by atoms with Gasteiger partial charge in [-0.15, -0.1) is 11.3 Å². The number of aryl methyl sites for hydroxylation is 1. The number of carbonyl (C=O) groups is 1. The van der Waals surface area contributed by atoms with Gasteiger partial charge in [0.05, 0.1) is 11.8 Å². The summed E-state index contributed by atoms with van der Waals surface area (Å²) in [4.78, 5) is 22.8. The number of aromatic nitrogens is 2. The number of hydrogen-bond donors (Lipinski definition) is 0. The molecule has 0 radical (unpaired) electrons. The van der Waals surface area contributed by atoms with Crippen molar-refractivity contribution in [2.75, 3.05) is 13.1 Å². The molecule has 0 unspecified atom stereocenters. The first kappa shape index (κ1) is 15.6. The third-order valence-corrected chi connectivity index (χ3v) is 5.03. The fraction of sp³-hybridized carbons (Fsp3) is 0.412. The maximum Gasteiger partial charge on any atom is 0.222 e. The Balaban J connectivity index is 1.52. The Kier molecular flexibility index (Phi) is 4.99. The molecule has 0 atom stereocenters. The second kappa shape index (κ2) is 7.34. The molecule has 3 heterocycles. The zero-order valence-electron chi connectivity index (χ0n) is 12.8. The highest BCUT2D eigenvalue weighted by atomic mass is 32.1. The number of rotatable bonds is 4. The van der Waals surface area contributed by atoms with Crippen LogP contribution in [0.5, 0.6) is 0 Å². The number of likely N-dealkylation sites (tertiary alicyclic amines) is 1. The first-order chi connectivity index (χ1) is 11.3. The van der Waals surface area contributed by atoms with Crippen LogP contribution in [0.2, 0.25) is 0 Å². The van der Waals surface area contributed by atoms with Crippen molar-refractivity contribution < 1.29 is 4.79 Å². The molecule has 1 fully saturated rings. The summed E-state index contributed by atoms with van der Waals surface area (Å²) in [6.45, 7) is 1.41. The van der Waals surface area contributed by atoms with Crippen molar-refractivity contribution in [3.05, 3.63) is 35.6 Å². The summed E-state index contributed by atoms with van der Waals surface area (Å²) in [5.74, 6) is 0.275. The van der Waals surface area contributed by atoms with Crippen molar-refractivity contribution in [1.82, 2.24) is 14.9 Å². The van der Waals surface area contributed by atoms with Gasteiger partial charge in [-0.05, 0) is 31.4 Å². The minimum atomic E-state index is 0.111. The van der Waals surface area contributed by atoms with Crippen LogP contribution in [0.15, 0.2) is 29.9 Å². The number of nitrogens with zero attached hydrogens (tertiary/aromatic N) is 4. The lowest BCUT2D eigenvalue weighted by atomic mass is 9.98. The number of pyridine rings is 1. The molecule has 3 rings (SSSR count). The molecule has 118 valence electrons. The van der Waals surface area contributed by atoms with Crippen molar-refractivity contribution in [3.63, 3.8) is 0 Å². The van der Waals surface area contributed by atoms with Gasteiger partial charge in [-0.1, -0.05) is 0 Å². The van der Waals surface area contributed by atoms with Gasteiger partial charge in [-0.2, -0.15) is 5.26 Å². The van der Waals surface area contributed by atoms with E-state index in [-0.39, 0.29) is 11.8 Å². The van der Waals surface area contributed by atoms with Crippen LogP contribution in [0, 0.1) is 17.2 Å². The molecule has 23 heavy (non-hydrogen) atoms. The second-order valence-electron chi connectivity index (χ2n) is 5.67. The molecule has 0 saturated carbocycles. The van der Waals surface area contributed by atoms with Crippen molar-refractivity contribution in [1.29, 1.82) is 5.26 Å². The summed E-state index contributed by atoms with van der Waals surface area (Å²) in [6.07, 6.45) is 6.27. The molecule has 1 saturated heterocycles. The number of amides is 1. The third-order valence-electron chi connectivity index (χ3n) is 4.09. The summed E-state index contributed by atoms with van der Waals surface area (Å²) in [7, 11) is 0. The highest BCUT2D eigenvalue weighted by Crippen LogP contribution is 2.23. The summed E-state index contributed by atoms with van der Waals surface area (Å²) in [6, 6.07) is 6.17. The largest absolute Gasteiger partial charge is 0.343 e. The highest BCUT2D eigenvalue weighted by Gasteiger charge is 2.22. The van der Waals surface area contributed by atoms with E-state index in [1.807, 2.05) is 22.4 Å². The van der Waals surface area contributed by atoms with Gasteiger partial charge in [0.2, 0.25) is 5.91 Å². The van der Waals surface area contributed by atoms with Crippen molar-refractivity contribution in [2.45, 2.75) is 25.7 Å². The average Bonchev–Trinajstić information content (AvgIpc) is 3.09. The van der Waals surface area contributed by atoms with Gasteiger partial charge in [-0.3, -0.25) is 9.78 Å². The van der Waals surface area contributed by atoms with Crippen LogP contribution in [0.1, 0.15) is 25.0 Å². The monoisotopic (exact) mass is 326 g/mol. The Morgan fingerprint density at radius 2 is 2.26 bits per heavy atom. The fourth-order valence-corrected chi connectivity index (χ4v) is 3.54. The zero-order chi connectivity index (χ0) is 16.1. The van der Waals surface area contributed by atoms with Crippen LogP contribution < -0.4 is 0 Å². The smallest absolute Gasteiger partial charge is 0.222 e. The number of carbonyl (C=O) groups excluding carboxylic acids is 1. The van der Waals surface area contributed by atoms with E-state index in [2.05, 4.69) is 16.0 Å². The molecule has 0 bridgehead atoms. The lowest BCUT2D eigenvalue weighted by molar-refractivity contribution is -0.132. The minimum absolute atomic E-state index is 0.111. The Morgan fingerprint density at radius 3 is 2.96 bits per heavy atom. The highest BCUT2D eigenvalue weighted by molar-refractivity contribution is 7.13. The van der Waals surface area contributed by atoms with E-state index in [0.29, 0.717) is 25.9 Å². The minimum Gasteiger partial charge on any atom is -0.343 e. The van der Waals surface area contributed by atoms with E-state index in [0.717, 1.165) is 29.1 Å². The van der Waals surface area contributed by atoms with Gasteiger partial charge in [0.25, 0.3) is 0 Å². The van der Waals surface area contributed by atoms with E-state index >= 15 is 0 Å². The molecule has 1 aliphatic rings. The van der Waals surface area contributed by atoms with Crippen molar-refractivity contribution in [2.24, 2.45) is 5.92 Å². The average molecular weight is 326 g/mol. The molecule has 2 aromatic rings. The summed E-state index contributed by atoms with van der Waals surface area (Å²) in [5.41, 5.74) is 1.96. The standard InChI is InChI=1S/C17H18N4OS/c18-10-13-5-8-21(9-6-13)16(22)4-3-15-12-23-17(20-15)14-2-1-7-19-11-14/h1-2,7,11-13H,3-6,8-9H2. The number of piperidine rings is 1. The Hall–Kier alpha value is -2.26. The molecular weight excluding hydrogens is 308 g/mol. The fourth-order valence-electron chi connectivity index (χ4n) is 2.69. The third kappa shape index (κ3) is 3.93. The normalized spacial score (nSPS) is 15.3. The van der Waals surface area contributed by atoms with Crippen LogP contribution in [0.3, 0.4) is 0 Å². The number of thiazole rings is 1. The van der Waals surface area contributed by atoms with Crippen LogP contribution in [0.4, 0.5) is 0 Å². The van der Waals surface area contributed by atoms with Gasteiger partial charge in [0, 0.05) is 48.8 Å². The maximum atomic E-state index is 12.3. The number of hydrogen-bond acceptors (Lipinski definition) is 5. The molecular formula is C17H18N4OS. The van der Waals surface area contributed by atoms with Gasteiger partial charge in [-0.25, -0.2) is 4.98 Å². The molecule has 5 nitrogen and oxygen atoms in total. The lowest BCUT2D eigenvalue weighted by Crippen LogP contribution is -2.38. The summed E-state index contributed by atoms with van der Waals surface area (Å²) >= 11 is 1.58. The predicted molar refractivity (Wildman–Crippen MR) is 88.6 cm³/mol. The summed E-state index contributed by atoms with van der Waals surface area (Å²) < 4.78 is 0. The van der Waals surface area contributed by atoms with Crippen molar-refractivity contribution in [3.8, 4) is 16.6 Å². The van der Waals surface area contributed by atoms with Gasteiger partial charge >= 0.3 is 0 Å². The van der Waals surface area contributed by atoms with E-state index < -0.39 is 0 Å². The van der Waals surface area contributed by atoms with Crippen LogP contribution >= 0.6 is 11.3 Å². The van der Waals surface area contributed by atoms with Gasteiger partial charge in [0.15, 0.2) is 0 Å². The SMILES string of the molecule is N#CC1CCN(C(=O)CCc2csc(-c3cccnc3)n2)CC1. The van der Waals surface area contributed by atoms with E-state index in [1.54, 1.807) is 23.7 Å². The van der Waals surface area contributed by atoms with Crippen LogP contribution in [-0.2, 0) is 11.2 Å². The van der Waals surface area contributed by atoms with Gasteiger partial charge < -0.3 is 4.90 Å². The van der Waals surface area contributed by atoms with Gasteiger partial charge in [0.1, 0.15) is 5.01 Å². The van der Waals surface area contributed by atoms with Crippen molar-refractivity contribution >= 4 is 17.2 Å². The Bertz CT molecular complexity index is 699. The van der Waals surface area contributed by atoms with Crippen LogP contribution in [0.25, 0.3) is 10.6 Å². The lowest BCUT2D eigenvalue weighted by Gasteiger charge is -2.29. The maximum absolute atomic E-state index is 12.3. The second-order valence-corrected chi connectivity index (χ2v) is 6.53. The molecule has 6 heteroatoms. The molecule has 2 aromatic heterocycles. The Labute approximate surface area is 139 Å². The van der Waals surface area contributed by atoms with E-state index in [4.69, 9.17) is 5.26 Å². The number of nitriles is 1. The molecule has 0 aromatic carbocycles. The predicted octanol–water partition coefficient (Wildman–Crippen LogP) is 2.90. The van der Waals surface area contributed by atoms with Crippen LogP contribution in [-0.4, -0.2) is 33.9 Å². The molecule has 0 spiro atoms. The first-order valence-corrected chi connectivity index (χ1v) is 8.66. The zero-order valence-corrected chi connectivity index (χ0v) is 13.6.